The number of nitrogens with two attached hydrogens (primary N) is 1. The van der Waals surface area contributed by atoms with E-state index in [-0.39, 0.29) is 28.6 Å². The van der Waals surface area contributed by atoms with Gasteiger partial charge in [0.15, 0.2) is 6.61 Å². The van der Waals surface area contributed by atoms with E-state index in [0.29, 0.717) is 37.2 Å². The zero-order chi connectivity index (χ0) is 24.6. The Morgan fingerprint density at radius 2 is 1.97 bits per heavy atom. The largest absolute Gasteiger partial charge is 0.471 e. The number of nitrogens with zero attached hydrogens (tertiary/aromatic N) is 2. The highest BCUT2D eigenvalue weighted by Gasteiger charge is 2.36. The van der Waals surface area contributed by atoms with Crippen LogP contribution >= 0.6 is 0 Å². The molecule has 1 aliphatic heterocycles. The molecule has 1 aromatic heterocycles. The predicted octanol–water partition coefficient (Wildman–Crippen LogP) is 4.13. The number of hydrogen-bond acceptors (Lipinski definition) is 5. The number of amides is 1. The summed E-state index contributed by atoms with van der Waals surface area (Å²) in [5.41, 5.74) is 6.32. The van der Waals surface area contributed by atoms with Crippen molar-refractivity contribution in [1.82, 2.24) is 10.3 Å². The minimum Gasteiger partial charge on any atom is -0.471 e. The van der Waals surface area contributed by atoms with Crippen LogP contribution < -0.4 is 20.7 Å². The van der Waals surface area contributed by atoms with Crippen LogP contribution in [0.4, 0.5) is 23.2 Å². The Kier molecular flexibility index (Phi) is 6.71. The highest BCUT2D eigenvalue weighted by molar-refractivity contribution is 6.04. The number of halogens is 4. The molecule has 1 saturated heterocycles. The molecule has 2 fully saturated rings. The van der Waals surface area contributed by atoms with Crippen LogP contribution in [-0.2, 0) is 0 Å². The third-order valence-corrected chi connectivity index (χ3v) is 6.27. The Morgan fingerprint density at radius 1 is 1.29 bits per heavy atom. The molecule has 4 rings (SSSR count). The summed E-state index contributed by atoms with van der Waals surface area (Å²) in [6.45, 7) is 3.61. The summed E-state index contributed by atoms with van der Waals surface area (Å²) in [5.74, 6) is -1.97. The van der Waals surface area contributed by atoms with Gasteiger partial charge in [-0.3, -0.25) is 4.79 Å². The van der Waals surface area contributed by atoms with E-state index in [1.54, 1.807) is 0 Å². The van der Waals surface area contributed by atoms with Gasteiger partial charge >= 0.3 is 0 Å². The number of nitrogens with one attached hydrogen (secondary N) is 1. The number of anilines is 1. The Balaban J connectivity index is 1.88. The minimum atomic E-state index is -2.79. The van der Waals surface area contributed by atoms with Gasteiger partial charge in [-0.1, -0.05) is 0 Å². The molecule has 1 unspecified atom stereocenters. The molecule has 0 bridgehead atoms. The Labute approximate surface area is 195 Å². The number of carbonyl (C=O) groups is 1. The van der Waals surface area contributed by atoms with E-state index in [9.17, 15) is 22.4 Å². The summed E-state index contributed by atoms with van der Waals surface area (Å²) >= 11 is 0. The fourth-order valence-electron chi connectivity index (χ4n) is 4.36. The lowest BCUT2D eigenvalue weighted by Crippen LogP contribution is -2.40. The van der Waals surface area contributed by atoms with Crippen LogP contribution in [0.5, 0.6) is 5.88 Å². The first-order valence-electron chi connectivity index (χ1n) is 11.3. The molecule has 2 aromatic rings. The van der Waals surface area contributed by atoms with E-state index in [0.717, 1.165) is 25.0 Å². The SMILES string of the molecule is CC(NC(=O)c1cnc(OCC(F)F)c(-c2cc(F)cc(F)c2)c1N1CC[C@](C)(N)C1)C1CC1. The van der Waals surface area contributed by atoms with Gasteiger partial charge in [-0.15, -0.1) is 0 Å². The Hall–Kier alpha value is -2.88. The summed E-state index contributed by atoms with van der Waals surface area (Å²) in [5, 5.41) is 2.97. The van der Waals surface area contributed by atoms with Crippen molar-refractivity contribution in [3.05, 3.63) is 41.6 Å². The van der Waals surface area contributed by atoms with Crippen LogP contribution in [0, 0.1) is 17.6 Å². The van der Waals surface area contributed by atoms with Crippen LogP contribution in [0.15, 0.2) is 24.4 Å². The maximum absolute atomic E-state index is 14.2. The maximum atomic E-state index is 14.2. The molecule has 1 saturated carbocycles. The molecule has 34 heavy (non-hydrogen) atoms. The van der Waals surface area contributed by atoms with Gasteiger partial charge in [0, 0.05) is 36.9 Å². The van der Waals surface area contributed by atoms with Crippen LogP contribution in [0.3, 0.4) is 0 Å². The standard InChI is InChI=1S/C24H28F4N4O2/c1-13(14-3-4-14)31-22(33)18-10-30-23(34-11-19(27)28)20(15-7-16(25)9-17(26)8-15)21(18)32-6-5-24(2,29)12-32/h7-10,13-14,19H,3-6,11-12,29H2,1-2H3,(H,31,33)/t13?,24-/m0/s1. The van der Waals surface area contributed by atoms with E-state index in [1.165, 1.54) is 6.20 Å². The van der Waals surface area contributed by atoms with E-state index < -0.39 is 36.1 Å². The van der Waals surface area contributed by atoms with Crippen molar-refractivity contribution >= 4 is 11.6 Å². The first kappa shape index (κ1) is 24.3. The molecule has 10 heteroatoms. The summed E-state index contributed by atoms with van der Waals surface area (Å²) in [6.07, 6.45) is 1.12. The molecule has 6 nitrogen and oxygen atoms in total. The number of benzene rings is 1. The summed E-state index contributed by atoms with van der Waals surface area (Å²) in [6, 6.07) is 2.76. The molecule has 2 heterocycles. The van der Waals surface area contributed by atoms with Crippen molar-refractivity contribution in [2.75, 3.05) is 24.6 Å². The van der Waals surface area contributed by atoms with Gasteiger partial charge in [-0.05, 0) is 56.7 Å². The molecule has 0 radical (unpaired) electrons. The van der Waals surface area contributed by atoms with E-state index in [4.69, 9.17) is 10.5 Å². The lowest BCUT2D eigenvalue weighted by molar-refractivity contribution is 0.0798. The summed E-state index contributed by atoms with van der Waals surface area (Å²) in [4.78, 5) is 19.3. The molecule has 0 spiro atoms. The number of pyridine rings is 1. The third-order valence-electron chi connectivity index (χ3n) is 6.27. The maximum Gasteiger partial charge on any atom is 0.272 e. The van der Waals surface area contributed by atoms with E-state index in [2.05, 4.69) is 10.3 Å². The molecule has 3 N–H and O–H groups in total. The number of rotatable bonds is 8. The fourth-order valence-corrected chi connectivity index (χ4v) is 4.36. The lowest BCUT2D eigenvalue weighted by atomic mass is 9.99. The molecule has 2 atom stereocenters. The van der Waals surface area contributed by atoms with Crippen molar-refractivity contribution in [3.8, 4) is 17.0 Å². The van der Waals surface area contributed by atoms with E-state index >= 15 is 0 Å². The van der Waals surface area contributed by atoms with Crippen molar-refractivity contribution in [2.24, 2.45) is 11.7 Å². The van der Waals surface area contributed by atoms with Gasteiger partial charge in [0.2, 0.25) is 5.88 Å². The highest BCUT2D eigenvalue weighted by Crippen LogP contribution is 2.43. The second-order valence-corrected chi connectivity index (χ2v) is 9.49. The van der Waals surface area contributed by atoms with Gasteiger partial charge in [0.05, 0.1) is 16.8 Å². The normalized spacial score (nSPS) is 21.1. The van der Waals surface area contributed by atoms with Gasteiger partial charge in [0.1, 0.15) is 11.6 Å². The second kappa shape index (κ2) is 9.40. The van der Waals surface area contributed by atoms with Crippen molar-refractivity contribution in [2.45, 2.75) is 51.1 Å². The first-order chi connectivity index (χ1) is 16.0. The number of alkyl halides is 2. The topological polar surface area (TPSA) is 80.5 Å². The molecule has 184 valence electrons. The van der Waals surface area contributed by atoms with Crippen LogP contribution in [0.25, 0.3) is 11.1 Å². The number of carbonyl (C=O) groups excluding carboxylic acids is 1. The van der Waals surface area contributed by atoms with Crippen LogP contribution in [-0.4, -0.2) is 48.6 Å². The molecule has 1 aromatic carbocycles. The minimum absolute atomic E-state index is 0.0276. The van der Waals surface area contributed by atoms with Crippen molar-refractivity contribution < 1.29 is 27.1 Å². The number of aromatic nitrogens is 1. The number of hydrogen-bond donors (Lipinski definition) is 2. The highest BCUT2D eigenvalue weighted by atomic mass is 19.3. The fraction of sp³-hybridized carbons (Fsp3) is 0.500. The molecular weight excluding hydrogens is 452 g/mol. The zero-order valence-electron chi connectivity index (χ0n) is 19.1. The van der Waals surface area contributed by atoms with E-state index in [1.807, 2.05) is 18.7 Å². The smallest absolute Gasteiger partial charge is 0.272 e. The quantitative estimate of drug-likeness (QED) is 0.556. The first-order valence-corrected chi connectivity index (χ1v) is 11.3. The van der Waals surface area contributed by atoms with Crippen molar-refractivity contribution in [1.29, 1.82) is 0 Å². The summed E-state index contributed by atoms with van der Waals surface area (Å²) in [7, 11) is 0. The van der Waals surface area contributed by atoms with Crippen molar-refractivity contribution in [3.63, 3.8) is 0 Å². The van der Waals surface area contributed by atoms with Gasteiger partial charge < -0.3 is 20.7 Å². The Morgan fingerprint density at radius 3 is 2.53 bits per heavy atom. The van der Waals surface area contributed by atoms with Gasteiger partial charge in [0.25, 0.3) is 12.3 Å². The summed E-state index contributed by atoms with van der Waals surface area (Å²) < 4.78 is 59.5. The average Bonchev–Trinajstić information content (AvgIpc) is 3.53. The van der Waals surface area contributed by atoms with Crippen LogP contribution in [0.1, 0.15) is 43.5 Å². The van der Waals surface area contributed by atoms with Gasteiger partial charge in [-0.25, -0.2) is 22.5 Å². The zero-order valence-corrected chi connectivity index (χ0v) is 19.1. The third kappa shape index (κ3) is 5.43. The Bertz CT molecular complexity index is 1050. The second-order valence-electron chi connectivity index (χ2n) is 9.49. The molecule has 2 aliphatic rings. The molecule has 1 amide bonds. The predicted molar refractivity (Wildman–Crippen MR) is 120 cm³/mol. The number of ether oxygens (including phenoxy) is 1. The van der Waals surface area contributed by atoms with Crippen LogP contribution in [0.2, 0.25) is 0 Å². The molecule has 1 aliphatic carbocycles. The molecular formula is C24H28F4N4O2. The van der Waals surface area contributed by atoms with Gasteiger partial charge in [-0.2, -0.15) is 0 Å². The monoisotopic (exact) mass is 480 g/mol. The average molecular weight is 481 g/mol. The lowest BCUT2D eigenvalue weighted by Gasteiger charge is -2.28.